The van der Waals surface area contributed by atoms with E-state index in [0.29, 0.717) is 16.8 Å². The normalized spacial score (nSPS) is 10.7. The molecule has 0 aliphatic heterocycles. The summed E-state index contributed by atoms with van der Waals surface area (Å²) in [5.41, 5.74) is 1.33. The second-order valence-corrected chi connectivity index (χ2v) is 5.83. The molecule has 0 saturated heterocycles. The van der Waals surface area contributed by atoms with Crippen molar-refractivity contribution in [2.45, 2.75) is 0 Å². The average molecular weight is 361 g/mol. The van der Waals surface area contributed by atoms with Crippen LogP contribution in [-0.2, 0) is 0 Å². The van der Waals surface area contributed by atoms with Crippen molar-refractivity contribution < 1.29 is 8.78 Å². The van der Waals surface area contributed by atoms with Crippen LogP contribution in [0.5, 0.6) is 0 Å². The summed E-state index contributed by atoms with van der Waals surface area (Å²) >= 11 is 0. The van der Waals surface area contributed by atoms with Crippen molar-refractivity contribution in [2.75, 3.05) is 0 Å². The molecule has 0 bridgehead atoms. The summed E-state index contributed by atoms with van der Waals surface area (Å²) in [7, 11) is 0. The molecule has 0 amide bonds. The molecule has 0 radical (unpaired) electrons. The summed E-state index contributed by atoms with van der Waals surface area (Å²) in [5, 5.41) is 6.43. The maximum Gasteiger partial charge on any atom is 0.274 e. The van der Waals surface area contributed by atoms with E-state index in [0.717, 1.165) is 6.07 Å². The fourth-order valence-electron chi connectivity index (χ4n) is 2.97. The van der Waals surface area contributed by atoms with Gasteiger partial charge in [-0.2, -0.15) is 5.10 Å². The van der Waals surface area contributed by atoms with Gasteiger partial charge in [-0.1, -0.05) is 42.5 Å². The lowest BCUT2D eigenvalue weighted by atomic mass is 9.93. The zero-order valence-corrected chi connectivity index (χ0v) is 14.0. The Bertz CT molecular complexity index is 1160. The van der Waals surface area contributed by atoms with Gasteiger partial charge in [0.1, 0.15) is 5.69 Å². The van der Waals surface area contributed by atoms with Crippen LogP contribution in [0, 0.1) is 11.6 Å². The van der Waals surface area contributed by atoms with Crippen LogP contribution in [0.3, 0.4) is 0 Å². The van der Waals surface area contributed by atoms with Crippen LogP contribution in [0.25, 0.3) is 33.6 Å². The number of benzene rings is 2. The first kappa shape index (κ1) is 16.8. The molecule has 0 saturated carbocycles. The first-order valence-electron chi connectivity index (χ1n) is 8.20. The van der Waals surface area contributed by atoms with Gasteiger partial charge in [0.15, 0.2) is 11.6 Å². The second-order valence-electron chi connectivity index (χ2n) is 5.83. The minimum atomic E-state index is -1.03. The zero-order valence-electron chi connectivity index (χ0n) is 14.0. The van der Waals surface area contributed by atoms with E-state index in [1.807, 2.05) is 6.07 Å². The Hall–Kier alpha value is -3.67. The highest BCUT2D eigenvalue weighted by Crippen LogP contribution is 2.36. The highest BCUT2D eigenvalue weighted by atomic mass is 19.2. The fourth-order valence-corrected chi connectivity index (χ4v) is 2.97. The second kappa shape index (κ2) is 6.92. The number of nitrogens with zero attached hydrogens (tertiary/aromatic N) is 2. The quantitative estimate of drug-likeness (QED) is 0.587. The maximum absolute atomic E-state index is 14.5. The first-order valence-corrected chi connectivity index (χ1v) is 8.20. The van der Waals surface area contributed by atoms with Crippen molar-refractivity contribution in [1.29, 1.82) is 0 Å². The molecule has 132 valence electrons. The van der Waals surface area contributed by atoms with Gasteiger partial charge in [0.05, 0.1) is 11.3 Å². The number of hydrogen-bond acceptors (Lipinski definition) is 3. The molecule has 4 aromatic rings. The van der Waals surface area contributed by atoms with Gasteiger partial charge < -0.3 is 0 Å². The number of aromatic amines is 1. The SMILES string of the molecule is O=c1[nH]nc(-c2cccc(F)c2F)c(-c2ccccc2)c1-c1ccccn1. The number of nitrogens with one attached hydrogen (secondary N) is 1. The number of halogens is 2. The molecule has 0 fully saturated rings. The molecule has 4 rings (SSSR count). The van der Waals surface area contributed by atoms with Gasteiger partial charge in [0.2, 0.25) is 0 Å². The monoisotopic (exact) mass is 361 g/mol. The summed E-state index contributed by atoms with van der Waals surface area (Å²) in [4.78, 5) is 16.9. The van der Waals surface area contributed by atoms with Gasteiger partial charge in [-0.15, -0.1) is 0 Å². The molecule has 2 heterocycles. The van der Waals surface area contributed by atoms with Crippen molar-refractivity contribution in [3.63, 3.8) is 0 Å². The van der Waals surface area contributed by atoms with E-state index in [1.165, 1.54) is 12.1 Å². The van der Waals surface area contributed by atoms with Gasteiger partial charge in [-0.3, -0.25) is 9.78 Å². The molecule has 0 unspecified atom stereocenters. The Morgan fingerprint density at radius 2 is 1.59 bits per heavy atom. The number of rotatable bonds is 3. The van der Waals surface area contributed by atoms with Crippen molar-refractivity contribution in [3.8, 4) is 33.6 Å². The Balaban J connectivity index is 2.12. The van der Waals surface area contributed by atoms with Gasteiger partial charge >= 0.3 is 0 Å². The molecular formula is C21H13F2N3O. The number of pyridine rings is 1. The summed E-state index contributed by atoms with van der Waals surface area (Å²) in [5.74, 6) is -2.01. The molecule has 2 aromatic heterocycles. The van der Waals surface area contributed by atoms with Crippen LogP contribution in [0.15, 0.2) is 77.7 Å². The predicted octanol–water partition coefficient (Wildman–Crippen LogP) is 4.44. The van der Waals surface area contributed by atoms with Crippen molar-refractivity contribution in [2.24, 2.45) is 0 Å². The molecule has 2 aromatic carbocycles. The van der Waals surface area contributed by atoms with E-state index in [9.17, 15) is 13.6 Å². The fraction of sp³-hybridized carbons (Fsp3) is 0. The third kappa shape index (κ3) is 3.01. The molecule has 0 spiro atoms. The van der Waals surface area contributed by atoms with Gasteiger partial charge in [-0.25, -0.2) is 13.9 Å². The van der Waals surface area contributed by atoms with E-state index in [1.54, 1.807) is 48.7 Å². The van der Waals surface area contributed by atoms with E-state index >= 15 is 0 Å². The molecule has 4 nitrogen and oxygen atoms in total. The molecule has 0 atom stereocenters. The number of aromatic nitrogens is 3. The lowest BCUT2D eigenvalue weighted by Gasteiger charge is -2.14. The summed E-state index contributed by atoms with van der Waals surface area (Å²) in [6.07, 6.45) is 1.56. The van der Waals surface area contributed by atoms with Crippen molar-refractivity contribution >= 4 is 0 Å². The minimum Gasteiger partial charge on any atom is -0.267 e. The Morgan fingerprint density at radius 3 is 2.33 bits per heavy atom. The Morgan fingerprint density at radius 1 is 0.815 bits per heavy atom. The van der Waals surface area contributed by atoms with Crippen molar-refractivity contribution in [3.05, 3.63) is 94.9 Å². The van der Waals surface area contributed by atoms with Crippen LogP contribution in [0.4, 0.5) is 8.78 Å². The maximum atomic E-state index is 14.5. The highest BCUT2D eigenvalue weighted by Gasteiger charge is 2.22. The summed E-state index contributed by atoms with van der Waals surface area (Å²) in [6, 6.07) is 18.0. The van der Waals surface area contributed by atoms with E-state index < -0.39 is 17.2 Å². The van der Waals surface area contributed by atoms with Crippen molar-refractivity contribution in [1.82, 2.24) is 15.2 Å². The summed E-state index contributed by atoms with van der Waals surface area (Å²) in [6.45, 7) is 0. The lowest BCUT2D eigenvalue weighted by Crippen LogP contribution is -2.15. The van der Waals surface area contributed by atoms with E-state index in [4.69, 9.17) is 0 Å². The molecule has 0 aliphatic carbocycles. The smallest absolute Gasteiger partial charge is 0.267 e. The summed E-state index contributed by atoms with van der Waals surface area (Å²) < 4.78 is 28.3. The third-order valence-corrected chi connectivity index (χ3v) is 4.17. The van der Waals surface area contributed by atoms with Gasteiger partial charge in [0.25, 0.3) is 5.56 Å². The molecule has 27 heavy (non-hydrogen) atoms. The molecule has 1 N–H and O–H groups in total. The average Bonchev–Trinajstić information content (AvgIpc) is 2.71. The van der Waals surface area contributed by atoms with Crippen LogP contribution in [-0.4, -0.2) is 15.2 Å². The van der Waals surface area contributed by atoms with E-state index in [2.05, 4.69) is 15.2 Å². The van der Waals surface area contributed by atoms with Crippen LogP contribution in [0.1, 0.15) is 0 Å². The predicted molar refractivity (Wildman–Crippen MR) is 98.9 cm³/mol. The Labute approximate surface area is 153 Å². The number of hydrogen-bond donors (Lipinski definition) is 1. The topological polar surface area (TPSA) is 58.6 Å². The Kier molecular flexibility index (Phi) is 4.30. The zero-order chi connectivity index (χ0) is 18.8. The highest BCUT2D eigenvalue weighted by molar-refractivity contribution is 5.91. The lowest BCUT2D eigenvalue weighted by molar-refractivity contribution is 0.511. The standard InChI is InChI=1S/C21H13F2N3O/c22-15-10-6-9-14(19(15)23)20-17(13-7-2-1-3-8-13)18(21(27)26-25-20)16-11-4-5-12-24-16/h1-12H,(H,26,27). The number of H-pyrrole nitrogens is 1. The van der Waals surface area contributed by atoms with Crippen LogP contribution in [0.2, 0.25) is 0 Å². The largest absolute Gasteiger partial charge is 0.274 e. The molecular weight excluding hydrogens is 348 g/mol. The third-order valence-electron chi connectivity index (χ3n) is 4.17. The van der Waals surface area contributed by atoms with Crippen LogP contribution < -0.4 is 5.56 Å². The van der Waals surface area contributed by atoms with Gasteiger partial charge in [-0.05, 0) is 29.8 Å². The minimum absolute atomic E-state index is 0.0396. The molecule has 6 heteroatoms. The first-order chi connectivity index (χ1) is 13.2. The van der Waals surface area contributed by atoms with E-state index in [-0.39, 0.29) is 16.8 Å². The van der Waals surface area contributed by atoms with Crippen LogP contribution >= 0.6 is 0 Å². The van der Waals surface area contributed by atoms with Gasteiger partial charge in [0, 0.05) is 17.3 Å². The molecule has 0 aliphatic rings.